The maximum absolute atomic E-state index is 7.39. The third kappa shape index (κ3) is 5.11. The third-order valence-corrected chi connectivity index (χ3v) is 14.2. The number of anilines is 3. The topological polar surface area (TPSA) is 16.4 Å². The Balaban J connectivity index is 1.04. The van der Waals surface area contributed by atoms with E-state index in [9.17, 15) is 0 Å². The molecule has 0 atom stereocenters. The van der Waals surface area contributed by atoms with Crippen LogP contribution in [0.15, 0.2) is 241 Å². The quantitative estimate of drug-likeness (QED) is 0.172. The molecule has 0 fully saturated rings. The molecule has 12 aromatic rings. The van der Waals surface area contributed by atoms with E-state index >= 15 is 0 Å². The normalized spacial score (nSPS) is 13.0. The minimum Gasteiger partial charge on any atom is -0.453 e. The SMILES string of the molecule is c1ccc(-c2ccc(N(c3ccc4c(c3)C3(c5ccccc5-c5ccccc53)c3ccccc3-4)c3cccc4c3oc3c(-c5ccc6ccccc6c5)c5ccccc5cc34)cc2)cc1. The number of furan rings is 1. The zero-order chi connectivity index (χ0) is 42.6. The van der Waals surface area contributed by atoms with Crippen LogP contribution in [0.5, 0.6) is 0 Å². The summed E-state index contributed by atoms with van der Waals surface area (Å²) in [5.74, 6) is 0. The number of benzene rings is 11. The second-order valence-corrected chi connectivity index (χ2v) is 17.5. The molecular weight excluding hydrogens is 787 g/mol. The lowest BCUT2D eigenvalue weighted by Gasteiger charge is -2.32. The number of fused-ring (bicyclic) bond motifs is 15. The van der Waals surface area contributed by atoms with Crippen molar-refractivity contribution in [1.82, 2.24) is 0 Å². The minimum absolute atomic E-state index is 0.474. The molecule has 2 heteroatoms. The van der Waals surface area contributed by atoms with Gasteiger partial charge in [-0.1, -0.05) is 194 Å². The van der Waals surface area contributed by atoms with Crippen molar-refractivity contribution in [2.45, 2.75) is 5.41 Å². The van der Waals surface area contributed by atoms with Crippen LogP contribution in [0.3, 0.4) is 0 Å². The van der Waals surface area contributed by atoms with Gasteiger partial charge in [-0.25, -0.2) is 0 Å². The average molecular weight is 826 g/mol. The summed E-state index contributed by atoms with van der Waals surface area (Å²) >= 11 is 0. The Labute approximate surface area is 376 Å². The number of para-hydroxylation sites is 1. The third-order valence-electron chi connectivity index (χ3n) is 14.2. The lowest BCUT2D eigenvalue weighted by molar-refractivity contribution is 0.670. The highest BCUT2D eigenvalue weighted by atomic mass is 16.3. The van der Waals surface area contributed by atoms with Gasteiger partial charge in [0.05, 0.1) is 11.1 Å². The summed E-state index contributed by atoms with van der Waals surface area (Å²) in [4.78, 5) is 2.42. The van der Waals surface area contributed by atoms with E-state index in [2.05, 4.69) is 241 Å². The number of rotatable bonds is 5. The summed E-state index contributed by atoms with van der Waals surface area (Å²) in [5, 5.41) is 6.97. The summed E-state index contributed by atoms with van der Waals surface area (Å²) in [6.07, 6.45) is 0. The van der Waals surface area contributed by atoms with E-state index in [4.69, 9.17) is 4.42 Å². The van der Waals surface area contributed by atoms with E-state index in [0.29, 0.717) is 0 Å². The van der Waals surface area contributed by atoms with Crippen molar-refractivity contribution in [3.8, 4) is 44.5 Å². The summed E-state index contributed by atoms with van der Waals surface area (Å²) in [6.45, 7) is 0. The Morgan fingerprint density at radius 2 is 0.862 bits per heavy atom. The molecule has 0 aliphatic heterocycles. The van der Waals surface area contributed by atoms with Gasteiger partial charge in [-0.2, -0.15) is 0 Å². The predicted octanol–water partition coefficient (Wildman–Crippen LogP) is 17.0. The molecule has 302 valence electrons. The smallest absolute Gasteiger partial charge is 0.159 e. The average Bonchev–Trinajstić information content (AvgIpc) is 4.00. The molecule has 2 nitrogen and oxygen atoms in total. The zero-order valence-electron chi connectivity index (χ0n) is 35.4. The van der Waals surface area contributed by atoms with Crippen molar-refractivity contribution in [2.24, 2.45) is 0 Å². The maximum atomic E-state index is 7.39. The van der Waals surface area contributed by atoms with Gasteiger partial charge in [0.2, 0.25) is 0 Å². The van der Waals surface area contributed by atoms with Crippen molar-refractivity contribution < 1.29 is 4.42 Å². The molecule has 14 rings (SSSR count). The Morgan fingerprint density at radius 1 is 0.308 bits per heavy atom. The van der Waals surface area contributed by atoms with Crippen LogP contribution in [0.1, 0.15) is 22.3 Å². The van der Waals surface area contributed by atoms with Gasteiger partial charge in [0, 0.05) is 27.7 Å². The summed E-state index contributed by atoms with van der Waals surface area (Å²) < 4.78 is 7.39. The van der Waals surface area contributed by atoms with E-state index in [1.54, 1.807) is 0 Å². The Bertz CT molecular complexity index is 3830. The second-order valence-electron chi connectivity index (χ2n) is 17.5. The van der Waals surface area contributed by atoms with Crippen LogP contribution >= 0.6 is 0 Å². The molecule has 1 spiro atoms. The molecule has 0 saturated carbocycles. The van der Waals surface area contributed by atoms with Crippen molar-refractivity contribution in [1.29, 1.82) is 0 Å². The van der Waals surface area contributed by atoms with Gasteiger partial charge in [-0.05, 0) is 125 Å². The van der Waals surface area contributed by atoms with Crippen LogP contribution in [0.25, 0.3) is 88.0 Å². The van der Waals surface area contributed by atoms with Gasteiger partial charge in [-0.15, -0.1) is 0 Å². The fourth-order valence-electron chi connectivity index (χ4n) is 11.5. The van der Waals surface area contributed by atoms with Gasteiger partial charge < -0.3 is 9.32 Å². The lowest BCUT2D eigenvalue weighted by Crippen LogP contribution is -2.26. The van der Waals surface area contributed by atoms with Crippen LogP contribution < -0.4 is 4.90 Å². The van der Waals surface area contributed by atoms with Crippen LogP contribution in [0.4, 0.5) is 17.1 Å². The molecule has 2 aliphatic carbocycles. The minimum atomic E-state index is -0.474. The number of hydrogen-bond acceptors (Lipinski definition) is 2. The van der Waals surface area contributed by atoms with Gasteiger partial charge in [0.1, 0.15) is 5.58 Å². The first-order valence-electron chi connectivity index (χ1n) is 22.5. The van der Waals surface area contributed by atoms with Gasteiger partial charge in [0.25, 0.3) is 0 Å². The molecule has 11 aromatic carbocycles. The van der Waals surface area contributed by atoms with E-state index in [-0.39, 0.29) is 0 Å². The fourth-order valence-corrected chi connectivity index (χ4v) is 11.5. The Hall–Kier alpha value is -8.46. The summed E-state index contributed by atoms with van der Waals surface area (Å²) in [6, 6.07) is 86.9. The molecule has 0 saturated heterocycles. The Kier molecular flexibility index (Phi) is 7.64. The molecule has 1 aromatic heterocycles. The Morgan fingerprint density at radius 3 is 1.58 bits per heavy atom. The number of hydrogen-bond donors (Lipinski definition) is 0. The molecule has 65 heavy (non-hydrogen) atoms. The van der Waals surface area contributed by atoms with Gasteiger partial charge >= 0.3 is 0 Å². The molecule has 1 heterocycles. The molecular formula is C63H39NO. The molecule has 0 amide bonds. The largest absolute Gasteiger partial charge is 0.453 e. The highest BCUT2D eigenvalue weighted by Crippen LogP contribution is 2.63. The van der Waals surface area contributed by atoms with Crippen LogP contribution in [0.2, 0.25) is 0 Å². The predicted molar refractivity (Wildman–Crippen MR) is 271 cm³/mol. The fraction of sp³-hybridized carbons (Fsp3) is 0.0159. The van der Waals surface area contributed by atoms with Crippen LogP contribution in [-0.2, 0) is 5.41 Å². The standard InChI is InChI=1S/C63H39NO/c1-2-15-40(16-3-1)42-31-33-46(34-32-42)64(47-35-36-52-51-23-10-13-27-57(51)63(58(52)39-47)55-25-11-8-21-49(55)50-22-9-12-26-56(50)63)59-28-14-24-53-54-38-44-19-6-7-20-48(44)60(62(54)65-61(53)59)45-30-29-41-17-4-5-18-43(41)37-45/h1-39H. The summed E-state index contributed by atoms with van der Waals surface area (Å²) in [5.41, 5.74) is 19.4. The second kappa shape index (κ2) is 13.8. The first-order chi connectivity index (χ1) is 32.2. The molecule has 0 bridgehead atoms. The van der Waals surface area contributed by atoms with Gasteiger partial charge in [-0.3, -0.25) is 0 Å². The maximum Gasteiger partial charge on any atom is 0.159 e. The molecule has 0 radical (unpaired) electrons. The van der Waals surface area contributed by atoms with Crippen LogP contribution in [-0.4, -0.2) is 0 Å². The van der Waals surface area contributed by atoms with E-state index in [1.807, 2.05) is 0 Å². The van der Waals surface area contributed by atoms with Crippen LogP contribution in [0, 0.1) is 0 Å². The van der Waals surface area contributed by atoms with Crippen molar-refractivity contribution >= 4 is 60.5 Å². The zero-order valence-corrected chi connectivity index (χ0v) is 35.4. The van der Waals surface area contributed by atoms with E-state index < -0.39 is 5.41 Å². The monoisotopic (exact) mass is 825 g/mol. The molecule has 0 N–H and O–H groups in total. The molecule has 0 unspecified atom stereocenters. The first-order valence-corrected chi connectivity index (χ1v) is 22.5. The highest BCUT2D eigenvalue weighted by Gasteiger charge is 2.51. The first kappa shape index (κ1) is 36.1. The highest BCUT2D eigenvalue weighted by molar-refractivity contribution is 6.20. The van der Waals surface area contributed by atoms with Crippen molar-refractivity contribution in [3.05, 3.63) is 259 Å². The van der Waals surface area contributed by atoms with E-state index in [0.717, 1.165) is 50.1 Å². The van der Waals surface area contributed by atoms with E-state index in [1.165, 1.54) is 77.2 Å². The lowest BCUT2D eigenvalue weighted by atomic mass is 9.70. The number of nitrogens with zero attached hydrogens (tertiary/aromatic N) is 1. The van der Waals surface area contributed by atoms with Crippen molar-refractivity contribution in [2.75, 3.05) is 4.90 Å². The van der Waals surface area contributed by atoms with Crippen molar-refractivity contribution in [3.63, 3.8) is 0 Å². The van der Waals surface area contributed by atoms with Gasteiger partial charge in [0.15, 0.2) is 5.58 Å². The molecule has 2 aliphatic rings. The summed E-state index contributed by atoms with van der Waals surface area (Å²) in [7, 11) is 0.